The van der Waals surface area contributed by atoms with E-state index in [2.05, 4.69) is 187 Å². The topological polar surface area (TPSA) is 56.7 Å². The molecule has 0 saturated carbocycles. The first-order chi connectivity index (χ1) is 31.7. The van der Waals surface area contributed by atoms with Crippen molar-refractivity contribution in [3.63, 3.8) is 0 Å². The van der Waals surface area contributed by atoms with Crippen molar-refractivity contribution < 1.29 is 4.42 Å². The van der Waals surface area contributed by atoms with Gasteiger partial charge in [-0.3, -0.25) is 0 Å². The Hall–Kier alpha value is -8.67. The Morgan fingerprint density at radius 1 is 0.375 bits per heavy atom. The number of rotatable bonds is 6. The lowest BCUT2D eigenvalue weighted by molar-refractivity contribution is 0.670. The van der Waals surface area contributed by atoms with Gasteiger partial charge in [0.1, 0.15) is 11.2 Å². The van der Waals surface area contributed by atoms with Gasteiger partial charge in [0.15, 0.2) is 5.82 Å². The van der Waals surface area contributed by atoms with Gasteiger partial charge in [-0.25, -0.2) is 15.0 Å². The number of para-hydroxylation sites is 4. The summed E-state index contributed by atoms with van der Waals surface area (Å²) in [5, 5.41) is 8.02. The number of nitrogens with zero attached hydrogens (tertiary/aromatic N) is 4. The molecular weight excluding hydrogens is 781 g/mol. The van der Waals surface area contributed by atoms with E-state index in [4.69, 9.17) is 19.4 Å². The smallest absolute Gasteiger partial charge is 0.160 e. The largest absolute Gasteiger partial charge is 0.455 e. The summed E-state index contributed by atoms with van der Waals surface area (Å²) in [7, 11) is 0. The van der Waals surface area contributed by atoms with E-state index in [0.717, 1.165) is 94.4 Å². The molecule has 0 atom stereocenters. The predicted molar refractivity (Wildman–Crippen MR) is 264 cm³/mol. The van der Waals surface area contributed by atoms with Crippen molar-refractivity contribution in [2.24, 2.45) is 0 Å². The predicted octanol–water partition coefficient (Wildman–Crippen LogP) is 15.5. The molecular formula is C59H36N4O. The molecule has 9 aromatic carbocycles. The van der Waals surface area contributed by atoms with Crippen molar-refractivity contribution in [2.45, 2.75) is 0 Å². The van der Waals surface area contributed by atoms with E-state index >= 15 is 0 Å². The molecule has 0 bridgehead atoms. The van der Waals surface area contributed by atoms with E-state index in [1.165, 1.54) is 27.2 Å². The second-order valence-electron chi connectivity index (χ2n) is 16.3. The molecule has 0 radical (unpaired) electrons. The standard InChI is InChI=1S/C59H36N4O/c1-4-15-39(16-5-1)56-49-34-33-45-43-21-10-12-25-53(43)63(42-19-8-3-9-20-42)57(45)55(49)47-32-31-41(35-51(47)60-56)37-27-29-38(30-28-37)50-36-52(62-59(61-50)40-17-6-2-7-18-40)48-24-14-23-46-44-22-11-13-26-54(44)64-58(46)48/h1-36H. The van der Waals surface area contributed by atoms with Gasteiger partial charge in [0, 0.05) is 65.6 Å². The van der Waals surface area contributed by atoms with E-state index < -0.39 is 0 Å². The van der Waals surface area contributed by atoms with Crippen molar-refractivity contribution >= 4 is 65.4 Å². The molecule has 0 N–H and O–H groups in total. The van der Waals surface area contributed by atoms with Crippen LogP contribution in [0, 0.1) is 0 Å². The van der Waals surface area contributed by atoms with Crippen LogP contribution in [0.5, 0.6) is 0 Å². The Bertz CT molecular complexity index is 3930. The molecule has 5 nitrogen and oxygen atoms in total. The zero-order valence-corrected chi connectivity index (χ0v) is 34.5. The average molecular weight is 817 g/mol. The molecule has 0 amide bonds. The lowest BCUT2D eigenvalue weighted by atomic mass is 9.95. The summed E-state index contributed by atoms with van der Waals surface area (Å²) in [4.78, 5) is 15.8. The number of hydrogen-bond acceptors (Lipinski definition) is 4. The van der Waals surface area contributed by atoms with Gasteiger partial charge in [-0.1, -0.05) is 176 Å². The third-order valence-electron chi connectivity index (χ3n) is 12.6. The van der Waals surface area contributed by atoms with Crippen LogP contribution in [0.25, 0.3) is 127 Å². The van der Waals surface area contributed by atoms with Gasteiger partial charge in [-0.05, 0) is 53.6 Å². The molecule has 5 heteroatoms. The van der Waals surface area contributed by atoms with Gasteiger partial charge in [-0.15, -0.1) is 0 Å². The maximum atomic E-state index is 6.47. The minimum Gasteiger partial charge on any atom is -0.455 e. The first-order valence-corrected chi connectivity index (χ1v) is 21.6. The van der Waals surface area contributed by atoms with Crippen LogP contribution in [-0.4, -0.2) is 19.5 Å². The van der Waals surface area contributed by atoms with Crippen LogP contribution in [0.1, 0.15) is 0 Å². The molecule has 0 aliphatic carbocycles. The fourth-order valence-electron chi connectivity index (χ4n) is 9.62. The second-order valence-corrected chi connectivity index (χ2v) is 16.3. The molecule has 0 unspecified atom stereocenters. The zero-order valence-electron chi connectivity index (χ0n) is 34.5. The van der Waals surface area contributed by atoms with E-state index in [0.29, 0.717) is 5.82 Å². The van der Waals surface area contributed by atoms with Crippen molar-refractivity contribution in [2.75, 3.05) is 0 Å². The third kappa shape index (κ3) is 5.75. The van der Waals surface area contributed by atoms with Crippen molar-refractivity contribution in [1.82, 2.24) is 19.5 Å². The highest BCUT2D eigenvalue weighted by Gasteiger charge is 2.21. The van der Waals surface area contributed by atoms with E-state index in [9.17, 15) is 0 Å². The number of aromatic nitrogens is 4. The maximum Gasteiger partial charge on any atom is 0.160 e. The fourth-order valence-corrected chi connectivity index (χ4v) is 9.62. The SMILES string of the molecule is c1ccc(-c2nc(-c3ccc(-c4ccc5c(c4)nc(-c4ccccc4)c4ccc6c7ccccc7n(-c7ccccc7)c6c45)cc3)cc(-c3cccc4c3oc3ccccc34)n2)cc1. The summed E-state index contributed by atoms with van der Waals surface area (Å²) in [6, 6.07) is 76.6. The quantitative estimate of drug-likeness (QED) is 0.157. The number of fused-ring (bicyclic) bond motifs is 10. The van der Waals surface area contributed by atoms with Gasteiger partial charge in [-0.2, -0.15) is 0 Å². The molecule has 13 rings (SSSR count). The number of benzene rings is 9. The lowest BCUT2D eigenvalue weighted by Gasteiger charge is -2.15. The minimum absolute atomic E-state index is 0.660. The molecule has 0 spiro atoms. The van der Waals surface area contributed by atoms with Gasteiger partial charge >= 0.3 is 0 Å². The normalized spacial score (nSPS) is 11.8. The summed E-state index contributed by atoms with van der Waals surface area (Å²) in [5.41, 5.74) is 14.9. The van der Waals surface area contributed by atoms with Crippen LogP contribution in [-0.2, 0) is 0 Å². The Morgan fingerprint density at radius 2 is 1.00 bits per heavy atom. The Labute approximate surface area is 368 Å². The number of hydrogen-bond donors (Lipinski definition) is 0. The Morgan fingerprint density at radius 3 is 1.81 bits per heavy atom. The van der Waals surface area contributed by atoms with E-state index in [1.807, 2.05) is 36.4 Å². The summed E-state index contributed by atoms with van der Waals surface area (Å²) in [6.45, 7) is 0. The van der Waals surface area contributed by atoms with Crippen LogP contribution >= 0.6 is 0 Å². The van der Waals surface area contributed by atoms with Crippen LogP contribution in [0.2, 0.25) is 0 Å². The molecule has 0 aliphatic heterocycles. The van der Waals surface area contributed by atoms with Crippen molar-refractivity contribution in [3.8, 4) is 62.0 Å². The summed E-state index contributed by atoms with van der Waals surface area (Å²) < 4.78 is 8.90. The summed E-state index contributed by atoms with van der Waals surface area (Å²) in [5.74, 6) is 0.660. The van der Waals surface area contributed by atoms with Crippen LogP contribution in [0.3, 0.4) is 0 Å². The van der Waals surface area contributed by atoms with Crippen molar-refractivity contribution in [1.29, 1.82) is 0 Å². The van der Waals surface area contributed by atoms with Gasteiger partial charge in [0.25, 0.3) is 0 Å². The van der Waals surface area contributed by atoms with Crippen LogP contribution < -0.4 is 0 Å². The third-order valence-corrected chi connectivity index (χ3v) is 12.6. The van der Waals surface area contributed by atoms with Gasteiger partial charge in [0.05, 0.1) is 33.6 Å². The number of furan rings is 1. The Kier molecular flexibility index (Phi) is 8.15. The van der Waals surface area contributed by atoms with Crippen LogP contribution in [0.4, 0.5) is 0 Å². The number of pyridine rings is 1. The molecule has 13 aromatic rings. The summed E-state index contributed by atoms with van der Waals surface area (Å²) in [6.07, 6.45) is 0. The maximum absolute atomic E-state index is 6.47. The average Bonchev–Trinajstić information content (AvgIpc) is 3.93. The fraction of sp³-hybridized carbons (Fsp3) is 0. The lowest BCUT2D eigenvalue weighted by Crippen LogP contribution is -1.96. The van der Waals surface area contributed by atoms with Gasteiger partial charge < -0.3 is 8.98 Å². The van der Waals surface area contributed by atoms with E-state index in [-0.39, 0.29) is 0 Å². The first-order valence-electron chi connectivity index (χ1n) is 21.6. The molecule has 4 heterocycles. The van der Waals surface area contributed by atoms with Crippen molar-refractivity contribution in [3.05, 3.63) is 218 Å². The molecule has 0 aliphatic rings. The molecule has 0 saturated heterocycles. The molecule has 0 fully saturated rings. The first kappa shape index (κ1) is 36.0. The highest BCUT2D eigenvalue weighted by atomic mass is 16.3. The van der Waals surface area contributed by atoms with Gasteiger partial charge in [0.2, 0.25) is 0 Å². The summed E-state index contributed by atoms with van der Waals surface area (Å²) >= 11 is 0. The monoisotopic (exact) mass is 816 g/mol. The highest BCUT2D eigenvalue weighted by Crippen LogP contribution is 2.43. The molecule has 298 valence electrons. The van der Waals surface area contributed by atoms with E-state index in [1.54, 1.807) is 0 Å². The molecule has 4 aromatic heterocycles. The second kappa shape index (κ2) is 14.5. The minimum atomic E-state index is 0.660. The zero-order chi connectivity index (χ0) is 42.1. The van der Waals surface area contributed by atoms with Crippen LogP contribution in [0.15, 0.2) is 223 Å². The molecule has 64 heavy (non-hydrogen) atoms. The highest BCUT2D eigenvalue weighted by molar-refractivity contribution is 6.27. The Balaban J connectivity index is 0.974.